The quantitative estimate of drug-likeness (QED) is 0.0170. The van der Waals surface area contributed by atoms with E-state index in [1.807, 2.05) is 12.2 Å². The van der Waals surface area contributed by atoms with Crippen LogP contribution in [0.1, 0.15) is 142 Å². The highest BCUT2D eigenvalue weighted by Gasteiger charge is 2.27. The van der Waals surface area contributed by atoms with Crippen molar-refractivity contribution in [3.63, 3.8) is 0 Å². The van der Waals surface area contributed by atoms with Gasteiger partial charge in [0, 0.05) is 12.8 Å². The first-order valence-electron chi connectivity index (χ1n) is 22.4. The van der Waals surface area contributed by atoms with E-state index in [9.17, 15) is 34.4 Å². The highest BCUT2D eigenvalue weighted by atomic mass is 31.2. The Morgan fingerprint density at radius 2 is 1.05 bits per heavy atom. The SMILES string of the molecule is CC/C=C\C/C=C\C/C=C\C/C=C\C[C@@H](O)[C@H](O)CCCC(=O)O[C@H](COC(=O)CCCCC/C=C\C/C=C\C/C=C\C/C=C\CCCCC)COP(=O)(O)OC[C@@H](O)CO. The highest BCUT2D eigenvalue weighted by molar-refractivity contribution is 7.47. The first-order chi connectivity index (χ1) is 29.5. The third kappa shape index (κ3) is 40.6. The van der Waals surface area contributed by atoms with Crippen molar-refractivity contribution in [1.82, 2.24) is 0 Å². The van der Waals surface area contributed by atoms with E-state index in [-0.39, 0.29) is 32.1 Å². The molecule has 0 amide bonds. The molecule has 0 aromatic heterocycles. The first-order valence-corrected chi connectivity index (χ1v) is 23.9. The zero-order chi connectivity index (χ0) is 45.1. The minimum atomic E-state index is -4.72. The Balaban J connectivity index is 4.60. The predicted octanol–water partition coefficient (Wildman–Crippen LogP) is 9.94. The molecular formula is C48H79O12P. The number of carbonyl (C=O) groups excluding carboxylic acids is 2. The lowest BCUT2D eigenvalue weighted by Crippen LogP contribution is -2.30. The Hall–Kier alpha value is -3.19. The molecule has 0 saturated carbocycles. The summed E-state index contributed by atoms with van der Waals surface area (Å²) in [6.07, 6.45) is 43.9. The van der Waals surface area contributed by atoms with E-state index in [1.54, 1.807) is 6.08 Å². The summed E-state index contributed by atoms with van der Waals surface area (Å²) < 4.78 is 32.5. The number of phosphoric ester groups is 1. The molecule has 0 saturated heterocycles. The molecule has 0 radical (unpaired) electrons. The van der Waals surface area contributed by atoms with E-state index in [1.165, 1.54) is 19.3 Å². The number of unbranched alkanes of at least 4 members (excludes halogenated alkanes) is 6. The monoisotopic (exact) mass is 879 g/mol. The van der Waals surface area contributed by atoms with Crippen LogP contribution in [0, 0.1) is 0 Å². The second kappa shape index (κ2) is 42.1. The van der Waals surface area contributed by atoms with Gasteiger partial charge in [-0.05, 0) is 96.3 Å². The maximum absolute atomic E-state index is 12.7. The van der Waals surface area contributed by atoms with Crippen molar-refractivity contribution in [1.29, 1.82) is 0 Å². The van der Waals surface area contributed by atoms with Crippen LogP contribution in [0.3, 0.4) is 0 Å². The average Bonchev–Trinajstić information content (AvgIpc) is 3.24. The lowest BCUT2D eigenvalue weighted by Gasteiger charge is -2.20. The van der Waals surface area contributed by atoms with Crippen LogP contribution < -0.4 is 0 Å². The Kier molecular flexibility index (Phi) is 39.9. The van der Waals surface area contributed by atoms with Crippen LogP contribution in [-0.2, 0) is 32.7 Å². The lowest BCUT2D eigenvalue weighted by atomic mass is 10.0. The van der Waals surface area contributed by atoms with Gasteiger partial charge in [0.1, 0.15) is 12.7 Å². The molecule has 5 N–H and O–H groups in total. The van der Waals surface area contributed by atoms with Gasteiger partial charge >= 0.3 is 19.8 Å². The Morgan fingerprint density at radius 1 is 0.557 bits per heavy atom. The molecule has 0 aliphatic heterocycles. The topological polar surface area (TPSA) is 189 Å². The fourth-order valence-corrected chi connectivity index (χ4v) is 6.15. The van der Waals surface area contributed by atoms with E-state index in [2.05, 4.69) is 97.4 Å². The smallest absolute Gasteiger partial charge is 0.462 e. The van der Waals surface area contributed by atoms with Gasteiger partial charge in [0.15, 0.2) is 6.10 Å². The number of rotatable bonds is 40. The molecular weight excluding hydrogens is 799 g/mol. The number of hydrogen-bond donors (Lipinski definition) is 5. The summed E-state index contributed by atoms with van der Waals surface area (Å²) in [6.45, 7) is 1.84. The standard InChI is InChI=1S/C48H79O12P/c1-3-5-7-9-11-13-15-17-18-19-20-21-22-23-25-27-29-31-33-37-47(53)57-41-44(42-59-61(55,56)58-40-43(50)39-49)60-48(54)38-34-36-46(52)45(51)35-32-30-28-26-24-16-14-12-10-8-6-4-2/h6,8,11-14,17-18,20-21,23-26,30,32,43-46,49-52H,3-5,7,9-10,15-16,19,22,27-29,31,33-42H2,1-2H3,(H,55,56)/b8-6-,13-11-,14-12-,18-17-,21-20-,25-23-,26-24-,32-30-/t43-,44+,45+,46+/m0/s1. The predicted molar refractivity (Wildman–Crippen MR) is 244 cm³/mol. The van der Waals surface area contributed by atoms with Gasteiger partial charge in [-0.2, -0.15) is 0 Å². The van der Waals surface area contributed by atoms with Crippen LogP contribution in [0.15, 0.2) is 97.2 Å². The minimum Gasteiger partial charge on any atom is -0.462 e. The largest absolute Gasteiger partial charge is 0.472 e. The van der Waals surface area contributed by atoms with Crippen LogP contribution in [0.5, 0.6) is 0 Å². The van der Waals surface area contributed by atoms with Gasteiger partial charge in [0.05, 0.1) is 32.0 Å². The lowest BCUT2D eigenvalue weighted by molar-refractivity contribution is -0.161. The van der Waals surface area contributed by atoms with Gasteiger partial charge in [-0.25, -0.2) is 4.57 Å². The maximum atomic E-state index is 12.7. The van der Waals surface area contributed by atoms with Gasteiger partial charge in [-0.3, -0.25) is 18.6 Å². The average molecular weight is 879 g/mol. The summed E-state index contributed by atoms with van der Waals surface area (Å²) in [7, 11) is -4.72. The molecule has 61 heavy (non-hydrogen) atoms. The van der Waals surface area contributed by atoms with Crippen molar-refractivity contribution in [2.75, 3.05) is 26.4 Å². The molecule has 0 rings (SSSR count). The van der Waals surface area contributed by atoms with Gasteiger partial charge < -0.3 is 34.8 Å². The molecule has 348 valence electrons. The molecule has 0 aliphatic rings. The summed E-state index contributed by atoms with van der Waals surface area (Å²) in [6, 6.07) is 0. The molecule has 1 unspecified atom stereocenters. The molecule has 0 aromatic rings. The first kappa shape index (κ1) is 57.8. The zero-order valence-electron chi connectivity index (χ0n) is 37.1. The number of allylic oxidation sites excluding steroid dienone is 15. The number of aliphatic hydroxyl groups is 4. The molecule has 0 bridgehead atoms. The highest BCUT2D eigenvalue weighted by Crippen LogP contribution is 2.43. The Bertz CT molecular complexity index is 1370. The summed E-state index contributed by atoms with van der Waals surface area (Å²) >= 11 is 0. The molecule has 13 heteroatoms. The summed E-state index contributed by atoms with van der Waals surface area (Å²) in [4.78, 5) is 35.1. The zero-order valence-corrected chi connectivity index (χ0v) is 38.0. The third-order valence-corrected chi connectivity index (χ3v) is 9.87. The number of hydrogen-bond acceptors (Lipinski definition) is 11. The van der Waals surface area contributed by atoms with E-state index in [4.69, 9.17) is 19.1 Å². The molecule has 0 aromatic carbocycles. The van der Waals surface area contributed by atoms with E-state index >= 15 is 0 Å². The molecule has 12 nitrogen and oxygen atoms in total. The summed E-state index contributed by atoms with van der Waals surface area (Å²) in [5.41, 5.74) is 0. The fraction of sp³-hybridized carbons (Fsp3) is 0.625. The number of aliphatic hydroxyl groups excluding tert-OH is 4. The van der Waals surface area contributed by atoms with E-state index in [0.717, 1.165) is 64.2 Å². The van der Waals surface area contributed by atoms with Gasteiger partial charge in [0.2, 0.25) is 0 Å². The van der Waals surface area contributed by atoms with Crippen LogP contribution in [0.2, 0.25) is 0 Å². The second-order valence-corrected chi connectivity index (χ2v) is 16.1. The number of ether oxygens (including phenoxy) is 2. The normalized spacial score (nSPS) is 15.7. The molecule has 0 aliphatic carbocycles. The summed E-state index contributed by atoms with van der Waals surface area (Å²) in [5.74, 6) is -1.26. The van der Waals surface area contributed by atoms with E-state index in [0.29, 0.717) is 12.8 Å². The van der Waals surface area contributed by atoms with Crippen molar-refractivity contribution in [2.24, 2.45) is 0 Å². The molecule has 0 spiro atoms. The molecule has 0 fully saturated rings. The van der Waals surface area contributed by atoms with Crippen LogP contribution in [0.25, 0.3) is 0 Å². The van der Waals surface area contributed by atoms with Crippen LogP contribution in [-0.4, -0.2) is 88.1 Å². The van der Waals surface area contributed by atoms with Crippen molar-refractivity contribution in [3.8, 4) is 0 Å². The molecule has 5 atom stereocenters. The van der Waals surface area contributed by atoms with Crippen molar-refractivity contribution in [2.45, 2.75) is 167 Å². The number of phosphoric acid groups is 1. The van der Waals surface area contributed by atoms with Crippen LogP contribution in [0.4, 0.5) is 0 Å². The van der Waals surface area contributed by atoms with E-state index < -0.39 is 70.6 Å². The molecule has 0 heterocycles. The Labute approximate surface area is 367 Å². The fourth-order valence-electron chi connectivity index (χ4n) is 5.36. The van der Waals surface area contributed by atoms with Crippen molar-refractivity contribution >= 4 is 19.8 Å². The summed E-state index contributed by atoms with van der Waals surface area (Å²) in [5, 5.41) is 39.1. The Morgan fingerprint density at radius 3 is 1.59 bits per heavy atom. The van der Waals surface area contributed by atoms with Crippen molar-refractivity contribution in [3.05, 3.63) is 97.2 Å². The number of carbonyl (C=O) groups is 2. The van der Waals surface area contributed by atoms with Gasteiger partial charge in [-0.1, -0.05) is 130 Å². The van der Waals surface area contributed by atoms with Crippen molar-refractivity contribution < 1.29 is 58.0 Å². The van der Waals surface area contributed by atoms with Gasteiger partial charge in [-0.15, -0.1) is 0 Å². The van der Waals surface area contributed by atoms with Crippen LogP contribution >= 0.6 is 7.82 Å². The minimum absolute atomic E-state index is 0.120. The second-order valence-electron chi connectivity index (χ2n) is 14.6. The maximum Gasteiger partial charge on any atom is 0.472 e. The third-order valence-electron chi connectivity index (χ3n) is 8.92. The van der Waals surface area contributed by atoms with Gasteiger partial charge in [0.25, 0.3) is 0 Å². The number of esters is 2.